The molecule has 8 heteroatoms. The number of rotatable bonds is 5. The molecule has 2 aromatic carbocycles. The Morgan fingerprint density at radius 2 is 1.89 bits per heavy atom. The Hall–Kier alpha value is -2.89. The molecule has 0 saturated carbocycles. The van der Waals surface area contributed by atoms with Crippen LogP contribution in [-0.4, -0.2) is 30.9 Å². The van der Waals surface area contributed by atoms with Crippen molar-refractivity contribution in [1.29, 1.82) is 5.26 Å². The fourth-order valence-electron chi connectivity index (χ4n) is 2.42. The number of nitrogens with zero attached hydrogens (tertiary/aromatic N) is 2. The second-order valence-electron chi connectivity index (χ2n) is 5.86. The number of hydrogen-bond acceptors (Lipinski definition) is 7. The van der Waals surface area contributed by atoms with Crippen LogP contribution in [0.4, 0.5) is 0 Å². The van der Waals surface area contributed by atoms with Crippen molar-refractivity contribution >= 4 is 37.0 Å². The maximum absolute atomic E-state index is 11.5. The second-order valence-corrected chi connectivity index (χ2v) is 8.91. The van der Waals surface area contributed by atoms with Gasteiger partial charge in [0.1, 0.15) is 22.4 Å². The van der Waals surface area contributed by atoms with Gasteiger partial charge in [-0.1, -0.05) is 12.1 Å². The third kappa shape index (κ3) is 4.10. The molecule has 27 heavy (non-hydrogen) atoms. The molecule has 6 nitrogen and oxygen atoms in total. The van der Waals surface area contributed by atoms with Gasteiger partial charge in [0.2, 0.25) is 0 Å². The van der Waals surface area contributed by atoms with Crippen molar-refractivity contribution in [2.45, 2.75) is 17.9 Å². The van der Waals surface area contributed by atoms with Crippen LogP contribution in [0.25, 0.3) is 15.8 Å². The largest absolute Gasteiger partial charge is 0.507 e. The van der Waals surface area contributed by atoms with Gasteiger partial charge < -0.3 is 9.84 Å². The number of thiazole rings is 1. The van der Waals surface area contributed by atoms with E-state index in [9.17, 15) is 18.8 Å². The van der Waals surface area contributed by atoms with Gasteiger partial charge in [-0.3, -0.25) is 0 Å². The molecule has 0 radical (unpaired) electrons. The number of nitriles is 1. The predicted octanol–water partition coefficient (Wildman–Crippen LogP) is 3.96. The van der Waals surface area contributed by atoms with Crippen LogP contribution in [0.5, 0.6) is 5.75 Å². The third-order valence-electron chi connectivity index (χ3n) is 3.83. The number of fused-ring (bicyclic) bond motifs is 1. The molecule has 3 aromatic rings. The van der Waals surface area contributed by atoms with Crippen LogP contribution in [0, 0.1) is 11.3 Å². The fraction of sp³-hybridized carbons (Fsp3) is 0.158. The number of ether oxygens (including phenoxy) is 1. The average molecular weight is 400 g/mol. The van der Waals surface area contributed by atoms with E-state index in [1.807, 2.05) is 30.3 Å². The maximum atomic E-state index is 11.5. The van der Waals surface area contributed by atoms with Crippen LogP contribution < -0.4 is 4.74 Å². The zero-order valence-electron chi connectivity index (χ0n) is 14.6. The highest BCUT2D eigenvalue weighted by Crippen LogP contribution is 2.29. The second kappa shape index (κ2) is 7.39. The van der Waals surface area contributed by atoms with E-state index in [1.54, 1.807) is 6.92 Å². The highest BCUT2D eigenvalue weighted by molar-refractivity contribution is 7.90. The fourth-order valence-corrected chi connectivity index (χ4v) is 4.02. The first kappa shape index (κ1) is 18.9. The Labute approximate surface area is 160 Å². The third-order valence-corrected chi connectivity index (χ3v) is 6.01. The normalized spacial score (nSPS) is 13.7. The van der Waals surface area contributed by atoms with E-state index in [1.165, 1.54) is 35.6 Å². The van der Waals surface area contributed by atoms with Crippen molar-refractivity contribution < 1.29 is 18.3 Å². The average Bonchev–Trinajstić information content (AvgIpc) is 3.05. The summed E-state index contributed by atoms with van der Waals surface area (Å²) >= 11 is 1.31. The van der Waals surface area contributed by atoms with Gasteiger partial charge in [0.25, 0.3) is 0 Å². The lowest BCUT2D eigenvalue weighted by atomic mass is 10.2. The van der Waals surface area contributed by atoms with Gasteiger partial charge in [-0.05, 0) is 43.3 Å². The number of benzene rings is 2. The van der Waals surface area contributed by atoms with Crippen LogP contribution in [-0.2, 0) is 9.84 Å². The van der Waals surface area contributed by atoms with Crippen molar-refractivity contribution in [3.05, 3.63) is 59.3 Å². The number of hydrogen-bond donors (Lipinski definition) is 1. The lowest BCUT2D eigenvalue weighted by Crippen LogP contribution is -2.16. The molecule has 0 bridgehead atoms. The maximum Gasteiger partial charge on any atom is 0.175 e. The van der Waals surface area contributed by atoms with Crippen molar-refractivity contribution in [1.82, 2.24) is 4.98 Å². The lowest BCUT2D eigenvalue weighted by molar-refractivity contribution is 0.193. The smallest absolute Gasteiger partial charge is 0.175 e. The van der Waals surface area contributed by atoms with Crippen molar-refractivity contribution in [3.63, 3.8) is 0 Å². The van der Waals surface area contributed by atoms with Crippen LogP contribution in [0.1, 0.15) is 11.9 Å². The van der Waals surface area contributed by atoms with E-state index in [2.05, 4.69) is 4.98 Å². The molecular weight excluding hydrogens is 384 g/mol. The van der Waals surface area contributed by atoms with Gasteiger partial charge in [-0.2, -0.15) is 5.26 Å². The Balaban J connectivity index is 1.87. The number of para-hydroxylation sites is 1. The van der Waals surface area contributed by atoms with Gasteiger partial charge in [0, 0.05) is 6.26 Å². The predicted molar refractivity (Wildman–Crippen MR) is 104 cm³/mol. The van der Waals surface area contributed by atoms with Crippen LogP contribution in [0.2, 0.25) is 0 Å². The summed E-state index contributed by atoms with van der Waals surface area (Å²) < 4.78 is 29.6. The molecule has 0 amide bonds. The quantitative estimate of drug-likeness (QED) is 0.514. The van der Waals surface area contributed by atoms with E-state index in [0.29, 0.717) is 10.8 Å². The summed E-state index contributed by atoms with van der Waals surface area (Å²) in [7, 11) is -3.29. The van der Waals surface area contributed by atoms with Crippen molar-refractivity contribution in [2.24, 2.45) is 0 Å². The molecule has 0 spiro atoms. The first-order valence-electron chi connectivity index (χ1n) is 7.95. The van der Waals surface area contributed by atoms with E-state index in [-0.39, 0.29) is 16.2 Å². The van der Waals surface area contributed by atoms with E-state index >= 15 is 0 Å². The molecule has 1 N–H and O–H groups in total. The lowest BCUT2D eigenvalue weighted by Gasteiger charge is -2.15. The summed E-state index contributed by atoms with van der Waals surface area (Å²) in [6.45, 7) is 1.60. The highest BCUT2D eigenvalue weighted by Gasteiger charge is 2.20. The minimum Gasteiger partial charge on any atom is -0.507 e. The number of allylic oxidation sites excluding steroid dienone is 1. The number of aliphatic hydroxyl groups is 1. The first-order chi connectivity index (χ1) is 12.8. The minimum atomic E-state index is -3.29. The molecule has 1 aromatic heterocycles. The van der Waals surface area contributed by atoms with E-state index in [0.717, 1.165) is 16.5 Å². The zero-order valence-corrected chi connectivity index (χ0v) is 16.2. The van der Waals surface area contributed by atoms with Crippen LogP contribution in [0.15, 0.2) is 59.2 Å². The van der Waals surface area contributed by atoms with E-state index < -0.39 is 15.9 Å². The van der Waals surface area contributed by atoms with Crippen LogP contribution in [0.3, 0.4) is 0 Å². The van der Waals surface area contributed by atoms with Gasteiger partial charge in [0.15, 0.2) is 21.7 Å². The number of aromatic nitrogens is 1. The van der Waals surface area contributed by atoms with Gasteiger partial charge in [-0.25, -0.2) is 13.4 Å². The summed E-state index contributed by atoms with van der Waals surface area (Å²) in [4.78, 5) is 4.56. The molecule has 1 unspecified atom stereocenters. The van der Waals surface area contributed by atoms with Gasteiger partial charge >= 0.3 is 0 Å². The highest BCUT2D eigenvalue weighted by atomic mass is 32.2. The van der Waals surface area contributed by atoms with Crippen LogP contribution >= 0.6 is 11.3 Å². The molecule has 138 valence electrons. The molecule has 1 heterocycles. The molecule has 0 aliphatic carbocycles. The Bertz CT molecular complexity index is 1120. The Kier molecular flexibility index (Phi) is 5.17. The molecule has 0 aliphatic rings. The summed E-state index contributed by atoms with van der Waals surface area (Å²) in [5.74, 6) is 0.145. The SMILES string of the molecule is CC(Oc1ccc(S(C)(=O)=O)cc1)/C(O)=C(/C#N)c1nc2ccccc2s1. The molecule has 0 saturated heterocycles. The molecule has 0 fully saturated rings. The topological polar surface area (TPSA) is 100 Å². The Morgan fingerprint density at radius 3 is 2.48 bits per heavy atom. The number of aliphatic hydroxyl groups excluding tert-OH is 1. The summed E-state index contributed by atoms with van der Waals surface area (Å²) in [6, 6.07) is 15.3. The molecule has 0 aliphatic heterocycles. The van der Waals surface area contributed by atoms with Crippen molar-refractivity contribution in [3.8, 4) is 11.8 Å². The first-order valence-corrected chi connectivity index (χ1v) is 10.7. The summed E-state index contributed by atoms with van der Waals surface area (Å²) in [6.07, 6.45) is 0.313. The van der Waals surface area contributed by atoms with Gasteiger partial charge in [-0.15, -0.1) is 11.3 Å². The number of sulfone groups is 1. The van der Waals surface area contributed by atoms with Crippen molar-refractivity contribution in [2.75, 3.05) is 6.26 Å². The van der Waals surface area contributed by atoms with E-state index in [4.69, 9.17) is 4.74 Å². The standard InChI is InChI=1S/C19H16N2O4S2/c1-12(25-13-7-9-14(10-8-13)27(2,23)24)18(22)15(11-20)19-21-16-5-3-4-6-17(16)26-19/h3-10,12,22H,1-2H3/b18-15+. The minimum absolute atomic E-state index is 0.0523. The monoisotopic (exact) mass is 400 g/mol. The Morgan fingerprint density at radius 1 is 1.22 bits per heavy atom. The summed E-state index contributed by atoms with van der Waals surface area (Å²) in [5, 5.41) is 20.4. The molecule has 1 atom stereocenters. The van der Waals surface area contributed by atoms with Gasteiger partial charge in [0.05, 0.1) is 15.1 Å². The zero-order chi connectivity index (χ0) is 19.6. The summed E-state index contributed by atoms with van der Waals surface area (Å²) in [5.41, 5.74) is 0.805. The molecular formula is C19H16N2O4S2. The molecule has 3 rings (SSSR count).